The number of thioether (sulfide) groups is 1. The first-order valence-corrected chi connectivity index (χ1v) is 12.7. The molecule has 6 heteroatoms. The van der Waals surface area contributed by atoms with Crippen LogP contribution in [0.15, 0.2) is 77.8 Å². The average molecular weight is 461 g/mol. The maximum Gasteiger partial charge on any atom is 0.160 e. The molecule has 3 heterocycles. The van der Waals surface area contributed by atoms with Gasteiger partial charge >= 0.3 is 0 Å². The molecule has 0 radical (unpaired) electrons. The van der Waals surface area contributed by atoms with Gasteiger partial charge in [-0.2, -0.15) is 0 Å². The Morgan fingerprint density at radius 3 is 2.52 bits per heavy atom. The van der Waals surface area contributed by atoms with Crippen LogP contribution in [0.5, 0.6) is 0 Å². The third-order valence-electron chi connectivity index (χ3n) is 6.43. The van der Waals surface area contributed by atoms with Crippen molar-refractivity contribution in [2.75, 3.05) is 25.4 Å². The summed E-state index contributed by atoms with van der Waals surface area (Å²) in [5, 5.41) is 0. The number of nitrogens with zero attached hydrogens (tertiary/aromatic N) is 4. The summed E-state index contributed by atoms with van der Waals surface area (Å²) in [7, 11) is 0. The van der Waals surface area contributed by atoms with E-state index in [4.69, 9.17) is 4.98 Å². The zero-order valence-corrected chi connectivity index (χ0v) is 19.6. The van der Waals surface area contributed by atoms with Crippen molar-refractivity contribution in [1.29, 1.82) is 0 Å². The number of halogens is 1. The molecule has 1 saturated heterocycles. The van der Waals surface area contributed by atoms with Crippen LogP contribution in [0.25, 0.3) is 11.2 Å². The van der Waals surface area contributed by atoms with Gasteiger partial charge in [0.1, 0.15) is 17.2 Å². The molecule has 0 saturated carbocycles. The molecule has 1 aliphatic heterocycles. The maximum atomic E-state index is 13.4. The lowest BCUT2D eigenvalue weighted by Gasteiger charge is -2.31. The monoisotopic (exact) mass is 460 g/mol. The largest absolute Gasteiger partial charge is 0.308 e. The highest BCUT2D eigenvalue weighted by atomic mass is 32.2. The van der Waals surface area contributed by atoms with Crippen LogP contribution in [-0.2, 0) is 13.0 Å². The van der Waals surface area contributed by atoms with E-state index in [1.54, 1.807) is 0 Å². The molecule has 1 aliphatic rings. The molecular weight excluding hydrogens is 431 g/mol. The number of imidazole rings is 1. The van der Waals surface area contributed by atoms with E-state index >= 15 is 0 Å². The van der Waals surface area contributed by atoms with E-state index in [2.05, 4.69) is 44.8 Å². The summed E-state index contributed by atoms with van der Waals surface area (Å²) in [5.41, 5.74) is 2.91. The van der Waals surface area contributed by atoms with Crippen LogP contribution in [0, 0.1) is 11.7 Å². The zero-order chi connectivity index (χ0) is 22.5. The van der Waals surface area contributed by atoms with Gasteiger partial charge in [-0.3, -0.25) is 0 Å². The molecule has 0 amide bonds. The van der Waals surface area contributed by atoms with Gasteiger partial charge < -0.3 is 9.47 Å². The van der Waals surface area contributed by atoms with Gasteiger partial charge in [0.05, 0.1) is 6.54 Å². The number of hydrogen-bond acceptors (Lipinski definition) is 4. The summed E-state index contributed by atoms with van der Waals surface area (Å²) in [4.78, 5) is 13.5. The molecule has 2 aromatic carbocycles. The Balaban J connectivity index is 1.20. The van der Waals surface area contributed by atoms with Crippen molar-refractivity contribution in [2.45, 2.75) is 30.7 Å². The Labute approximate surface area is 198 Å². The second-order valence-electron chi connectivity index (χ2n) is 8.74. The smallest absolute Gasteiger partial charge is 0.160 e. The van der Waals surface area contributed by atoms with Gasteiger partial charge in [0.2, 0.25) is 0 Å². The predicted octanol–water partition coefficient (Wildman–Crippen LogP) is 5.67. The van der Waals surface area contributed by atoms with E-state index < -0.39 is 0 Å². The molecule has 2 aromatic heterocycles. The molecule has 0 unspecified atom stereocenters. The molecule has 0 N–H and O–H groups in total. The fourth-order valence-corrected chi connectivity index (χ4v) is 5.52. The molecule has 0 spiro atoms. The summed E-state index contributed by atoms with van der Waals surface area (Å²) in [6.07, 6.45) is 5.18. The fourth-order valence-electron chi connectivity index (χ4n) is 4.58. The number of aromatic nitrogens is 3. The number of rotatable bonds is 8. The van der Waals surface area contributed by atoms with Gasteiger partial charge in [-0.25, -0.2) is 14.4 Å². The van der Waals surface area contributed by atoms with Crippen molar-refractivity contribution in [3.8, 4) is 0 Å². The summed E-state index contributed by atoms with van der Waals surface area (Å²) in [6, 6.07) is 21.3. The number of hydrogen-bond donors (Lipinski definition) is 0. The lowest BCUT2D eigenvalue weighted by atomic mass is 9.93. The van der Waals surface area contributed by atoms with Crippen LogP contribution < -0.4 is 0 Å². The zero-order valence-electron chi connectivity index (χ0n) is 18.7. The van der Waals surface area contributed by atoms with Crippen molar-refractivity contribution in [1.82, 2.24) is 19.4 Å². The first kappa shape index (κ1) is 22.1. The number of benzene rings is 2. The van der Waals surface area contributed by atoms with Crippen molar-refractivity contribution >= 4 is 22.9 Å². The Hall–Kier alpha value is -2.70. The summed E-state index contributed by atoms with van der Waals surface area (Å²) >= 11 is 1.94. The van der Waals surface area contributed by atoms with Gasteiger partial charge in [0, 0.05) is 29.8 Å². The molecular formula is C27H29FN4S. The van der Waals surface area contributed by atoms with E-state index in [0.29, 0.717) is 12.5 Å². The van der Waals surface area contributed by atoms with E-state index in [9.17, 15) is 4.39 Å². The SMILES string of the molecule is Fc1ccc(Cn2c(CC3CCN(CCSc4ccccc4)CC3)nc3cccnc32)cc1. The van der Waals surface area contributed by atoms with Crippen molar-refractivity contribution < 1.29 is 4.39 Å². The van der Waals surface area contributed by atoms with Gasteiger partial charge in [-0.05, 0) is 73.8 Å². The Morgan fingerprint density at radius 1 is 0.939 bits per heavy atom. The van der Waals surface area contributed by atoms with Gasteiger partial charge in [0.15, 0.2) is 5.65 Å². The van der Waals surface area contributed by atoms with Crippen molar-refractivity contribution in [2.24, 2.45) is 5.92 Å². The third-order valence-corrected chi connectivity index (χ3v) is 7.43. The normalized spacial score (nSPS) is 15.3. The Bertz CT molecular complexity index is 1170. The summed E-state index contributed by atoms with van der Waals surface area (Å²) in [6.45, 7) is 4.10. The van der Waals surface area contributed by atoms with Crippen molar-refractivity contribution in [3.05, 3.63) is 90.1 Å². The van der Waals surface area contributed by atoms with Crippen LogP contribution in [0.3, 0.4) is 0 Å². The minimum Gasteiger partial charge on any atom is -0.308 e. The first-order valence-electron chi connectivity index (χ1n) is 11.7. The molecule has 4 nitrogen and oxygen atoms in total. The highest BCUT2D eigenvalue weighted by molar-refractivity contribution is 7.99. The number of pyridine rings is 1. The number of piperidine rings is 1. The molecule has 0 aliphatic carbocycles. The highest BCUT2D eigenvalue weighted by Crippen LogP contribution is 2.25. The van der Waals surface area contributed by atoms with Crippen LogP contribution in [-0.4, -0.2) is 44.8 Å². The Morgan fingerprint density at radius 2 is 1.73 bits per heavy atom. The minimum absolute atomic E-state index is 0.207. The minimum atomic E-state index is -0.207. The van der Waals surface area contributed by atoms with Crippen molar-refractivity contribution in [3.63, 3.8) is 0 Å². The van der Waals surface area contributed by atoms with E-state index in [1.165, 1.54) is 29.9 Å². The van der Waals surface area contributed by atoms with E-state index in [0.717, 1.165) is 54.4 Å². The topological polar surface area (TPSA) is 34.0 Å². The lowest BCUT2D eigenvalue weighted by molar-refractivity contribution is 0.192. The standard InChI is InChI=1S/C27H29FN4S/c28-23-10-8-22(9-11-23)20-32-26(30-25-7-4-14-29-27(25)32)19-21-12-15-31(16-13-21)17-18-33-24-5-2-1-3-6-24/h1-11,14,21H,12-13,15-20H2. The van der Waals surface area contributed by atoms with E-state index in [-0.39, 0.29) is 5.82 Å². The maximum absolute atomic E-state index is 13.4. The highest BCUT2D eigenvalue weighted by Gasteiger charge is 2.22. The lowest BCUT2D eigenvalue weighted by Crippen LogP contribution is -2.36. The summed E-state index contributed by atoms with van der Waals surface area (Å²) < 4.78 is 15.6. The van der Waals surface area contributed by atoms with E-state index in [1.807, 2.05) is 42.2 Å². The molecule has 4 aromatic rings. The number of fused-ring (bicyclic) bond motifs is 1. The average Bonchev–Trinajstić information content (AvgIpc) is 3.19. The fraction of sp³-hybridized carbons (Fsp3) is 0.333. The van der Waals surface area contributed by atoms with Crippen LogP contribution in [0.4, 0.5) is 4.39 Å². The summed E-state index contributed by atoms with van der Waals surface area (Å²) in [5.74, 6) is 2.65. The predicted molar refractivity (Wildman–Crippen MR) is 133 cm³/mol. The van der Waals surface area contributed by atoms with Crippen LogP contribution in [0.1, 0.15) is 24.2 Å². The van der Waals surface area contributed by atoms with Gasteiger partial charge in [0.25, 0.3) is 0 Å². The third kappa shape index (κ3) is 5.63. The molecule has 33 heavy (non-hydrogen) atoms. The number of likely N-dealkylation sites (tertiary alicyclic amines) is 1. The molecule has 5 rings (SSSR count). The van der Waals surface area contributed by atoms with Crippen LogP contribution in [0.2, 0.25) is 0 Å². The molecule has 0 atom stereocenters. The first-order chi connectivity index (χ1) is 16.2. The quantitative estimate of drug-likeness (QED) is 0.318. The molecule has 170 valence electrons. The van der Waals surface area contributed by atoms with Crippen LogP contribution >= 0.6 is 11.8 Å². The second kappa shape index (κ2) is 10.5. The van der Waals surface area contributed by atoms with Gasteiger partial charge in [-0.15, -0.1) is 11.8 Å². The molecule has 0 bridgehead atoms. The molecule has 1 fully saturated rings. The van der Waals surface area contributed by atoms with Gasteiger partial charge in [-0.1, -0.05) is 30.3 Å². The Kier molecular flexibility index (Phi) is 7.03. The second-order valence-corrected chi connectivity index (χ2v) is 9.91.